The molecule has 0 fully saturated rings. The first-order valence-corrected chi connectivity index (χ1v) is 3.56. The molecule has 68 valence electrons. The van der Waals surface area contributed by atoms with E-state index in [1.54, 1.807) is 0 Å². The molecule has 0 saturated heterocycles. The lowest BCUT2D eigenvalue weighted by molar-refractivity contribution is -0.439. The van der Waals surface area contributed by atoms with Gasteiger partial charge in [-0.25, -0.2) is 0 Å². The molecule has 0 atom stereocenters. The zero-order valence-electron chi connectivity index (χ0n) is 6.51. The molecule has 6 heteroatoms. The zero-order chi connectivity index (χ0) is 9.40. The largest absolute Gasteiger partial charge is 0.279 e. The van der Waals surface area contributed by atoms with E-state index in [0.29, 0.717) is 25.7 Å². The van der Waals surface area contributed by atoms with Gasteiger partial charge in [-0.3, -0.25) is 20.2 Å². The predicted molar refractivity (Wildman–Crippen MR) is 41.1 cm³/mol. The fourth-order valence-corrected chi connectivity index (χ4v) is 0.682. The molecule has 12 heavy (non-hydrogen) atoms. The summed E-state index contributed by atoms with van der Waals surface area (Å²) in [6, 6.07) is 0. The molecule has 6 nitrogen and oxygen atoms in total. The Morgan fingerprint density at radius 2 is 1.25 bits per heavy atom. The van der Waals surface area contributed by atoms with Gasteiger partial charge in [0.05, 0.1) is 0 Å². The van der Waals surface area contributed by atoms with Crippen LogP contribution in [0.1, 0.15) is 25.7 Å². The molecule has 2 radical (unpaired) electrons. The van der Waals surface area contributed by atoms with Crippen molar-refractivity contribution in [3.8, 4) is 0 Å². The van der Waals surface area contributed by atoms with Gasteiger partial charge in [0.25, 0.3) is 13.1 Å². The molecule has 0 aliphatic rings. The molecular weight excluding hydrogens is 164 g/mol. The van der Waals surface area contributed by atoms with Crippen molar-refractivity contribution in [1.29, 1.82) is 0 Å². The highest BCUT2D eigenvalue weighted by Crippen LogP contribution is 2.03. The van der Waals surface area contributed by atoms with Crippen LogP contribution in [0.5, 0.6) is 0 Å². The van der Waals surface area contributed by atoms with E-state index in [1.165, 1.54) is 0 Å². The number of nitro groups is 2. The summed E-state index contributed by atoms with van der Waals surface area (Å²) in [6.07, 6.45) is 1.98. The van der Waals surface area contributed by atoms with Crippen LogP contribution in [0.4, 0.5) is 0 Å². The minimum absolute atomic E-state index is 0.374. The summed E-state index contributed by atoms with van der Waals surface area (Å²) in [7, 11) is 0. The molecule has 0 heterocycles. The Bertz CT molecular complexity index is 142. The normalized spacial score (nSPS) is 9.67. The molecule has 0 spiro atoms. The molecule has 0 amide bonds. The Labute approximate surface area is 69.9 Å². The lowest BCUT2D eigenvalue weighted by atomic mass is 10.2. The first kappa shape index (κ1) is 10.8. The van der Waals surface area contributed by atoms with Crippen LogP contribution in [0.15, 0.2) is 0 Å². The monoisotopic (exact) mass is 174 g/mol. The van der Waals surface area contributed by atoms with Crippen LogP contribution in [-0.4, -0.2) is 9.85 Å². The van der Waals surface area contributed by atoms with Gasteiger partial charge in [0.1, 0.15) is 0 Å². The van der Waals surface area contributed by atoms with E-state index in [-0.39, 0.29) is 0 Å². The molecular formula is C6H10N2O4. The Hall–Kier alpha value is -1.20. The van der Waals surface area contributed by atoms with Gasteiger partial charge in [-0.1, -0.05) is 0 Å². The zero-order valence-corrected chi connectivity index (χ0v) is 6.51. The SMILES string of the molecule is O=[N+]([O-])[CH]CCCC[CH][N+](=O)[O-]. The number of rotatable bonds is 7. The van der Waals surface area contributed by atoms with Crippen molar-refractivity contribution in [2.45, 2.75) is 25.7 Å². The minimum Gasteiger partial charge on any atom is -0.264 e. The second-order valence-electron chi connectivity index (χ2n) is 2.22. The molecule has 0 rings (SSSR count). The minimum atomic E-state index is -0.503. The summed E-state index contributed by atoms with van der Waals surface area (Å²) in [5.74, 6) is 0. The smallest absolute Gasteiger partial charge is 0.264 e. The van der Waals surface area contributed by atoms with Crippen molar-refractivity contribution < 1.29 is 9.85 Å². The van der Waals surface area contributed by atoms with Crippen LogP contribution < -0.4 is 0 Å². The predicted octanol–water partition coefficient (Wildman–Crippen LogP) is 1.42. The van der Waals surface area contributed by atoms with Crippen molar-refractivity contribution >= 4 is 0 Å². The van der Waals surface area contributed by atoms with Crippen LogP contribution in [-0.2, 0) is 0 Å². The van der Waals surface area contributed by atoms with Gasteiger partial charge in [-0.05, 0) is 12.8 Å². The Kier molecular flexibility index (Phi) is 5.86. The van der Waals surface area contributed by atoms with E-state index < -0.39 is 9.85 Å². The quantitative estimate of drug-likeness (QED) is 0.332. The summed E-state index contributed by atoms with van der Waals surface area (Å²) in [4.78, 5) is 18.5. The Morgan fingerprint density at radius 3 is 1.50 bits per heavy atom. The molecule has 0 aromatic carbocycles. The number of hydrogen-bond donors (Lipinski definition) is 0. The van der Waals surface area contributed by atoms with Crippen LogP contribution in [0, 0.1) is 33.3 Å². The maximum Gasteiger partial charge on any atom is 0.279 e. The molecule has 0 unspecified atom stereocenters. The van der Waals surface area contributed by atoms with Gasteiger partial charge in [0.2, 0.25) is 0 Å². The van der Waals surface area contributed by atoms with Crippen LogP contribution in [0.3, 0.4) is 0 Å². The van der Waals surface area contributed by atoms with Gasteiger partial charge in [-0.2, -0.15) is 0 Å². The third-order valence-electron chi connectivity index (χ3n) is 1.21. The summed E-state index contributed by atoms with van der Waals surface area (Å²) < 4.78 is 0. The van der Waals surface area contributed by atoms with E-state index in [9.17, 15) is 20.2 Å². The molecule has 0 aromatic heterocycles. The average molecular weight is 174 g/mol. The van der Waals surface area contributed by atoms with Gasteiger partial charge in [0, 0.05) is 22.7 Å². The third kappa shape index (κ3) is 8.80. The standard InChI is InChI=1S/C6H10N2O4/c9-7(10)5-3-1-2-4-6-8(11)12/h5-6H,1-4H2. The lowest BCUT2D eigenvalue weighted by Gasteiger charge is -1.92. The van der Waals surface area contributed by atoms with Crippen molar-refractivity contribution in [3.63, 3.8) is 0 Å². The third-order valence-corrected chi connectivity index (χ3v) is 1.21. The summed E-state index contributed by atoms with van der Waals surface area (Å²) in [5, 5.41) is 19.5. The topological polar surface area (TPSA) is 86.3 Å². The van der Waals surface area contributed by atoms with E-state index in [2.05, 4.69) is 0 Å². The van der Waals surface area contributed by atoms with E-state index in [1.807, 2.05) is 0 Å². The molecule has 0 saturated carbocycles. The lowest BCUT2D eigenvalue weighted by Crippen LogP contribution is -1.95. The molecule has 0 N–H and O–H groups in total. The Balaban J connectivity index is 3.01. The number of hydrogen-bond acceptors (Lipinski definition) is 4. The fraction of sp³-hybridized carbons (Fsp3) is 0.667. The first-order chi connectivity index (χ1) is 5.63. The Morgan fingerprint density at radius 1 is 0.917 bits per heavy atom. The summed E-state index contributed by atoms with van der Waals surface area (Å²) in [5.41, 5.74) is 0. The fourth-order valence-electron chi connectivity index (χ4n) is 0.682. The van der Waals surface area contributed by atoms with E-state index in [0.717, 1.165) is 13.1 Å². The second kappa shape index (κ2) is 6.51. The van der Waals surface area contributed by atoms with Crippen LogP contribution in [0.2, 0.25) is 0 Å². The van der Waals surface area contributed by atoms with Crippen LogP contribution in [0.25, 0.3) is 0 Å². The van der Waals surface area contributed by atoms with E-state index >= 15 is 0 Å². The van der Waals surface area contributed by atoms with Gasteiger partial charge in [-0.15, -0.1) is 0 Å². The first-order valence-electron chi connectivity index (χ1n) is 3.56. The highest BCUT2D eigenvalue weighted by molar-refractivity contribution is 4.54. The number of nitrogens with zero attached hydrogens (tertiary/aromatic N) is 2. The summed E-state index contributed by atoms with van der Waals surface area (Å²) >= 11 is 0. The molecule has 0 aromatic rings. The molecule has 0 aliphatic heterocycles. The maximum absolute atomic E-state index is 9.77. The van der Waals surface area contributed by atoms with Crippen molar-refractivity contribution in [3.05, 3.63) is 33.3 Å². The highest BCUT2D eigenvalue weighted by Gasteiger charge is 2.01. The molecule has 0 aliphatic carbocycles. The second-order valence-corrected chi connectivity index (χ2v) is 2.22. The average Bonchev–Trinajstić information content (AvgIpc) is 1.95. The van der Waals surface area contributed by atoms with Crippen molar-refractivity contribution in [1.82, 2.24) is 0 Å². The van der Waals surface area contributed by atoms with Crippen LogP contribution >= 0.6 is 0 Å². The van der Waals surface area contributed by atoms with E-state index in [4.69, 9.17) is 0 Å². The van der Waals surface area contributed by atoms with Gasteiger partial charge < -0.3 is 0 Å². The molecule has 0 bridgehead atoms. The van der Waals surface area contributed by atoms with Gasteiger partial charge in [0.15, 0.2) is 0 Å². The van der Waals surface area contributed by atoms with Gasteiger partial charge >= 0.3 is 0 Å². The highest BCUT2D eigenvalue weighted by atomic mass is 16.6. The number of unbranched alkanes of at least 4 members (excludes halogenated alkanes) is 3. The van der Waals surface area contributed by atoms with Crippen molar-refractivity contribution in [2.24, 2.45) is 0 Å². The summed E-state index contributed by atoms with van der Waals surface area (Å²) in [6.45, 7) is 1.93. The van der Waals surface area contributed by atoms with Crippen molar-refractivity contribution in [2.75, 3.05) is 0 Å². The maximum atomic E-state index is 9.77.